The van der Waals surface area contributed by atoms with Crippen molar-refractivity contribution in [3.8, 4) is 11.5 Å². The van der Waals surface area contributed by atoms with Crippen LogP contribution in [-0.2, 0) is 6.42 Å². The second-order valence-corrected chi connectivity index (χ2v) is 5.14. The third-order valence-electron chi connectivity index (χ3n) is 2.31. The largest absolute Gasteiger partial charge is 0.493 e. The lowest BCUT2D eigenvalue weighted by atomic mass is 10.1. The molecule has 0 aliphatic rings. The van der Waals surface area contributed by atoms with E-state index in [4.69, 9.17) is 15.2 Å². The third kappa shape index (κ3) is 4.28. The van der Waals surface area contributed by atoms with Gasteiger partial charge in [-0.25, -0.2) is 0 Å². The number of nitrogens with zero attached hydrogens (tertiary/aromatic N) is 1. The van der Waals surface area contributed by atoms with Gasteiger partial charge in [-0.2, -0.15) is 0 Å². The Morgan fingerprint density at radius 3 is 2.28 bits per heavy atom. The Morgan fingerprint density at radius 1 is 1.17 bits per heavy atom. The molecule has 2 N–H and O–H groups in total. The quantitative estimate of drug-likeness (QED) is 0.659. The standard InChI is InChI=1S/C14H22N2O2/c1-14(2,3)16-13(15)9-10-6-7-11(17-4)12(8-10)18-5/h6-8H,9H2,1-5H3,(H2,15,16). The summed E-state index contributed by atoms with van der Waals surface area (Å²) in [6.07, 6.45) is 0.609. The molecular formula is C14H22N2O2. The Kier molecular flexibility index (Phi) is 4.59. The van der Waals surface area contributed by atoms with Crippen LogP contribution in [-0.4, -0.2) is 25.6 Å². The molecule has 0 fully saturated rings. The Balaban J connectivity index is 2.89. The SMILES string of the molecule is COc1ccc(CC(N)=NC(C)(C)C)cc1OC. The van der Waals surface area contributed by atoms with E-state index in [-0.39, 0.29) is 5.54 Å². The fourth-order valence-corrected chi connectivity index (χ4v) is 1.67. The molecule has 0 saturated carbocycles. The van der Waals surface area contributed by atoms with Crippen molar-refractivity contribution in [2.45, 2.75) is 32.7 Å². The Hall–Kier alpha value is -1.71. The molecule has 4 heteroatoms. The summed E-state index contributed by atoms with van der Waals surface area (Å²) in [5.41, 5.74) is 6.83. The first-order chi connectivity index (χ1) is 8.35. The maximum Gasteiger partial charge on any atom is 0.161 e. The minimum atomic E-state index is -0.152. The number of aliphatic imine (C=N–C) groups is 1. The summed E-state index contributed by atoms with van der Waals surface area (Å²) in [5, 5.41) is 0. The number of rotatable bonds is 4. The van der Waals surface area contributed by atoms with E-state index in [0.29, 0.717) is 23.8 Å². The highest BCUT2D eigenvalue weighted by molar-refractivity contribution is 5.83. The predicted octanol–water partition coefficient (Wildman–Crippen LogP) is 2.40. The number of amidine groups is 1. The first-order valence-electron chi connectivity index (χ1n) is 5.91. The van der Waals surface area contributed by atoms with Gasteiger partial charge in [0.25, 0.3) is 0 Å². The van der Waals surface area contributed by atoms with Gasteiger partial charge in [-0.3, -0.25) is 4.99 Å². The van der Waals surface area contributed by atoms with Crippen molar-refractivity contribution in [1.82, 2.24) is 0 Å². The lowest BCUT2D eigenvalue weighted by Gasteiger charge is -2.14. The van der Waals surface area contributed by atoms with Gasteiger partial charge in [0.1, 0.15) is 0 Å². The molecule has 0 atom stereocenters. The number of hydrogen-bond donors (Lipinski definition) is 1. The van der Waals surface area contributed by atoms with Crippen LogP contribution in [0.2, 0.25) is 0 Å². The van der Waals surface area contributed by atoms with Gasteiger partial charge in [0.15, 0.2) is 11.5 Å². The molecule has 0 bridgehead atoms. The average molecular weight is 250 g/mol. The van der Waals surface area contributed by atoms with Crippen molar-refractivity contribution in [2.24, 2.45) is 10.7 Å². The van der Waals surface area contributed by atoms with Gasteiger partial charge in [-0.15, -0.1) is 0 Å². The maximum atomic E-state index is 5.93. The summed E-state index contributed by atoms with van der Waals surface area (Å²) < 4.78 is 10.4. The Labute approximate surface area is 109 Å². The molecule has 0 saturated heterocycles. The molecule has 18 heavy (non-hydrogen) atoms. The fourth-order valence-electron chi connectivity index (χ4n) is 1.67. The van der Waals surface area contributed by atoms with Crippen LogP contribution in [0.3, 0.4) is 0 Å². The molecule has 0 spiro atoms. The summed E-state index contributed by atoms with van der Waals surface area (Å²) in [7, 11) is 3.24. The monoisotopic (exact) mass is 250 g/mol. The minimum absolute atomic E-state index is 0.152. The normalized spacial score (nSPS) is 12.4. The maximum absolute atomic E-state index is 5.93. The lowest BCUT2D eigenvalue weighted by molar-refractivity contribution is 0.354. The van der Waals surface area contributed by atoms with Gasteiger partial charge in [-0.05, 0) is 38.5 Å². The number of ether oxygens (including phenoxy) is 2. The molecule has 0 aliphatic carbocycles. The smallest absolute Gasteiger partial charge is 0.161 e. The van der Waals surface area contributed by atoms with Crippen LogP contribution in [0.25, 0.3) is 0 Å². The van der Waals surface area contributed by atoms with E-state index in [1.54, 1.807) is 14.2 Å². The summed E-state index contributed by atoms with van der Waals surface area (Å²) >= 11 is 0. The van der Waals surface area contributed by atoms with Gasteiger partial charge in [0.05, 0.1) is 25.6 Å². The van der Waals surface area contributed by atoms with Crippen molar-refractivity contribution in [3.05, 3.63) is 23.8 Å². The van der Waals surface area contributed by atoms with Crippen LogP contribution in [0.1, 0.15) is 26.3 Å². The zero-order valence-corrected chi connectivity index (χ0v) is 11.8. The fraction of sp³-hybridized carbons (Fsp3) is 0.500. The average Bonchev–Trinajstić information content (AvgIpc) is 2.26. The molecule has 1 aromatic carbocycles. The van der Waals surface area contributed by atoms with Crippen LogP contribution in [0.4, 0.5) is 0 Å². The van der Waals surface area contributed by atoms with Crippen molar-refractivity contribution in [3.63, 3.8) is 0 Å². The molecule has 100 valence electrons. The summed E-state index contributed by atoms with van der Waals surface area (Å²) in [4.78, 5) is 4.43. The highest BCUT2D eigenvalue weighted by atomic mass is 16.5. The first-order valence-corrected chi connectivity index (χ1v) is 5.91. The minimum Gasteiger partial charge on any atom is -0.493 e. The van der Waals surface area contributed by atoms with Crippen molar-refractivity contribution in [1.29, 1.82) is 0 Å². The Bertz CT molecular complexity index is 434. The van der Waals surface area contributed by atoms with Crippen LogP contribution >= 0.6 is 0 Å². The van der Waals surface area contributed by atoms with E-state index in [1.807, 2.05) is 39.0 Å². The molecule has 0 aromatic heterocycles. The highest BCUT2D eigenvalue weighted by Crippen LogP contribution is 2.27. The van der Waals surface area contributed by atoms with Crippen molar-refractivity contribution >= 4 is 5.84 Å². The van der Waals surface area contributed by atoms with Crippen LogP contribution < -0.4 is 15.2 Å². The number of methoxy groups -OCH3 is 2. The number of hydrogen-bond acceptors (Lipinski definition) is 3. The molecule has 1 aromatic rings. The first kappa shape index (κ1) is 14.4. The van der Waals surface area contributed by atoms with Crippen molar-refractivity contribution < 1.29 is 9.47 Å². The second-order valence-electron chi connectivity index (χ2n) is 5.14. The van der Waals surface area contributed by atoms with Crippen LogP contribution in [0, 0.1) is 0 Å². The van der Waals surface area contributed by atoms with Gasteiger partial charge in [-0.1, -0.05) is 6.07 Å². The zero-order valence-electron chi connectivity index (χ0n) is 11.8. The molecule has 4 nitrogen and oxygen atoms in total. The van der Waals surface area contributed by atoms with Crippen LogP contribution in [0.5, 0.6) is 11.5 Å². The van der Waals surface area contributed by atoms with E-state index in [1.165, 1.54) is 0 Å². The summed E-state index contributed by atoms with van der Waals surface area (Å²) in [6.45, 7) is 6.07. The predicted molar refractivity (Wildman–Crippen MR) is 74.6 cm³/mol. The topological polar surface area (TPSA) is 56.8 Å². The highest BCUT2D eigenvalue weighted by Gasteiger charge is 2.10. The molecule has 1 rings (SSSR count). The summed E-state index contributed by atoms with van der Waals surface area (Å²) in [6, 6.07) is 5.76. The second kappa shape index (κ2) is 5.76. The van der Waals surface area contributed by atoms with Gasteiger partial charge in [0, 0.05) is 6.42 Å². The molecular weight excluding hydrogens is 228 g/mol. The third-order valence-corrected chi connectivity index (χ3v) is 2.31. The van der Waals surface area contributed by atoms with Gasteiger partial charge >= 0.3 is 0 Å². The van der Waals surface area contributed by atoms with E-state index >= 15 is 0 Å². The van der Waals surface area contributed by atoms with Crippen LogP contribution in [0.15, 0.2) is 23.2 Å². The van der Waals surface area contributed by atoms with E-state index in [0.717, 1.165) is 5.56 Å². The molecule has 0 radical (unpaired) electrons. The Morgan fingerprint density at radius 2 is 1.78 bits per heavy atom. The molecule has 0 amide bonds. The zero-order chi connectivity index (χ0) is 13.8. The van der Waals surface area contributed by atoms with Gasteiger partial charge in [0.2, 0.25) is 0 Å². The summed E-state index contributed by atoms with van der Waals surface area (Å²) in [5.74, 6) is 2.04. The van der Waals surface area contributed by atoms with E-state index in [2.05, 4.69) is 4.99 Å². The number of benzene rings is 1. The lowest BCUT2D eigenvalue weighted by Crippen LogP contribution is -2.22. The van der Waals surface area contributed by atoms with E-state index < -0.39 is 0 Å². The van der Waals surface area contributed by atoms with E-state index in [9.17, 15) is 0 Å². The van der Waals surface area contributed by atoms with Gasteiger partial charge < -0.3 is 15.2 Å². The molecule has 0 unspecified atom stereocenters. The molecule has 0 aliphatic heterocycles. The number of nitrogens with two attached hydrogens (primary N) is 1. The van der Waals surface area contributed by atoms with Crippen molar-refractivity contribution in [2.75, 3.05) is 14.2 Å². The molecule has 0 heterocycles.